The summed E-state index contributed by atoms with van der Waals surface area (Å²) in [7, 11) is 0. The zero-order chi connectivity index (χ0) is 27.6. The Balaban J connectivity index is 1.46. The Kier molecular flexibility index (Phi) is 5.20. The molecule has 0 N–H and O–H groups in total. The minimum atomic E-state index is -0.141. The summed E-state index contributed by atoms with van der Waals surface area (Å²) >= 11 is 0. The van der Waals surface area contributed by atoms with Gasteiger partial charge in [-0.05, 0) is 58.1 Å². The van der Waals surface area contributed by atoms with E-state index in [1.54, 1.807) is 0 Å². The quantitative estimate of drug-likeness (QED) is 0.226. The summed E-state index contributed by atoms with van der Waals surface area (Å²) in [6, 6.07) is 52.9. The molecule has 196 valence electrons. The first-order valence-corrected chi connectivity index (χ1v) is 14.3. The largest absolute Gasteiger partial charge is 0.306 e. The van der Waals surface area contributed by atoms with Gasteiger partial charge in [-0.15, -0.1) is 0 Å². The fourth-order valence-electron chi connectivity index (χ4n) is 6.79. The molecular formula is C39H30N2. The van der Waals surface area contributed by atoms with E-state index in [1.165, 1.54) is 67.5 Å². The molecule has 2 heterocycles. The second-order valence-electron chi connectivity index (χ2n) is 11.4. The predicted octanol–water partition coefficient (Wildman–Crippen LogP) is 10.9. The summed E-state index contributed by atoms with van der Waals surface area (Å²) in [5.74, 6) is 0. The molecule has 0 radical (unpaired) electrons. The van der Waals surface area contributed by atoms with E-state index >= 15 is 0 Å². The second kappa shape index (κ2) is 8.97. The van der Waals surface area contributed by atoms with Gasteiger partial charge in [0.1, 0.15) is 0 Å². The van der Waals surface area contributed by atoms with Gasteiger partial charge >= 0.3 is 0 Å². The number of anilines is 6. The van der Waals surface area contributed by atoms with Crippen LogP contribution in [0.5, 0.6) is 0 Å². The number of rotatable bonds is 3. The van der Waals surface area contributed by atoms with Gasteiger partial charge in [0.2, 0.25) is 0 Å². The Morgan fingerprint density at radius 3 is 1.78 bits per heavy atom. The van der Waals surface area contributed by atoms with Crippen molar-refractivity contribution in [1.29, 1.82) is 0 Å². The molecule has 0 amide bonds. The average Bonchev–Trinajstić information content (AvgIpc) is 3.03. The first-order valence-electron chi connectivity index (χ1n) is 14.3. The van der Waals surface area contributed by atoms with Crippen molar-refractivity contribution < 1.29 is 0 Å². The summed E-state index contributed by atoms with van der Waals surface area (Å²) in [6.07, 6.45) is 0. The predicted molar refractivity (Wildman–Crippen MR) is 172 cm³/mol. The fraction of sp³-hybridized carbons (Fsp3) is 0.0769. The molecule has 0 atom stereocenters. The molecular weight excluding hydrogens is 496 g/mol. The van der Waals surface area contributed by atoms with E-state index in [4.69, 9.17) is 0 Å². The van der Waals surface area contributed by atoms with Crippen LogP contribution in [0.1, 0.15) is 25.0 Å². The minimum absolute atomic E-state index is 0.141. The van der Waals surface area contributed by atoms with Crippen LogP contribution in [0, 0.1) is 0 Å². The molecule has 2 aliphatic heterocycles. The summed E-state index contributed by atoms with van der Waals surface area (Å²) in [5.41, 5.74) is 14.7. The summed E-state index contributed by atoms with van der Waals surface area (Å²) in [5, 5.41) is 0. The number of fused-ring (bicyclic) bond motifs is 4. The Hall–Kier alpha value is -5.08. The summed E-state index contributed by atoms with van der Waals surface area (Å²) < 4.78 is 0. The number of hydrogen-bond acceptors (Lipinski definition) is 2. The van der Waals surface area contributed by atoms with Gasteiger partial charge in [0.05, 0.1) is 34.1 Å². The van der Waals surface area contributed by atoms with Crippen molar-refractivity contribution >= 4 is 34.1 Å². The van der Waals surface area contributed by atoms with Gasteiger partial charge in [0.15, 0.2) is 0 Å². The molecule has 2 aliphatic rings. The highest BCUT2D eigenvalue weighted by Crippen LogP contribution is 2.62. The maximum Gasteiger partial charge on any atom is 0.0744 e. The summed E-state index contributed by atoms with van der Waals surface area (Å²) in [6.45, 7) is 4.72. The van der Waals surface area contributed by atoms with Crippen LogP contribution in [-0.2, 0) is 5.41 Å². The molecule has 8 rings (SSSR count). The van der Waals surface area contributed by atoms with Gasteiger partial charge in [0.25, 0.3) is 0 Å². The molecule has 2 heteroatoms. The van der Waals surface area contributed by atoms with Gasteiger partial charge in [-0.2, -0.15) is 0 Å². The monoisotopic (exact) mass is 526 g/mol. The lowest BCUT2D eigenvalue weighted by molar-refractivity contribution is 0.631. The van der Waals surface area contributed by atoms with Crippen LogP contribution in [0.25, 0.3) is 22.3 Å². The smallest absolute Gasteiger partial charge is 0.0744 e. The van der Waals surface area contributed by atoms with E-state index in [0.29, 0.717) is 0 Å². The Morgan fingerprint density at radius 1 is 0.390 bits per heavy atom. The molecule has 0 unspecified atom stereocenters. The highest BCUT2D eigenvalue weighted by Gasteiger charge is 2.42. The van der Waals surface area contributed by atoms with E-state index < -0.39 is 0 Å². The fourth-order valence-corrected chi connectivity index (χ4v) is 6.79. The molecule has 6 aromatic carbocycles. The van der Waals surface area contributed by atoms with Crippen LogP contribution in [0.3, 0.4) is 0 Å². The molecule has 0 saturated heterocycles. The van der Waals surface area contributed by atoms with E-state index in [-0.39, 0.29) is 5.41 Å². The van der Waals surface area contributed by atoms with E-state index in [2.05, 4.69) is 169 Å². The average molecular weight is 527 g/mol. The number of benzene rings is 6. The molecule has 41 heavy (non-hydrogen) atoms. The van der Waals surface area contributed by atoms with Crippen LogP contribution in [0.2, 0.25) is 0 Å². The topological polar surface area (TPSA) is 6.48 Å². The summed E-state index contributed by atoms with van der Waals surface area (Å²) in [4.78, 5) is 4.99. The highest BCUT2D eigenvalue weighted by atomic mass is 15.3. The zero-order valence-corrected chi connectivity index (χ0v) is 23.3. The SMILES string of the molecule is CC1(C)c2ccccc2N2c3cc(-c4ccccc4)ccc3N(c3ccccc3-c3ccccc3)c3cccc1c32. The van der Waals surface area contributed by atoms with Crippen LogP contribution >= 0.6 is 0 Å². The Labute approximate surface area is 241 Å². The van der Waals surface area contributed by atoms with Gasteiger partial charge in [0, 0.05) is 11.0 Å². The zero-order valence-electron chi connectivity index (χ0n) is 23.3. The molecule has 0 aliphatic carbocycles. The van der Waals surface area contributed by atoms with Crippen molar-refractivity contribution in [3.63, 3.8) is 0 Å². The molecule has 0 saturated carbocycles. The maximum atomic E-state index is 2.51. The molecule has 0 bridgehead atoms. The van der Waals surface area contributed by atoms with E-state index in [1.807, 2.05) is 0 Å². The van der Waals surface area contributed by atoms with Gasteiger partial charge < -0.3 is 9.80 Å². The first kappa shape index (κ1) is 23.8. The van der Waals surface area contributed by atoms with Gasteiger partial charge in [-0.1, -0.05) is 129 Å². The molecule has 0 aromatic heterocycles. The Bertz CT molecular complexity index is 1920. The van der Waals surface area contributed by atoms with Gasteiger partial charge in [-0.3, -0.25) is 0 Å². The standard InChI is InChI=1S/C39H30N2/c1-39(2)31-19-10-12-22-34(31)41-37-26-29(27-14-5-3-6-15-27)24-25-35(37)40(36-23-13-20-32(39)38(36)41)33-21-11-9-18-30(33)28-16-7-4-8-17-28/h3-26H,1-2H3. The third-order valence-corrected chi connectivity index (χ3v) is 8.76. The van der Waals surface area contributed by atoms with Crippen molar-refractivity contribution in [2.45, 2.75) is 19.3 Å². The second-order valence-corrected chi connectivity index (χ2v) is 11.4. The van der Waals surface area contributed by atoms with Crippen LogP contribution in [0.15, 0.2) is 146 Å². The Morgan fingerprint density at radius 2 is 1.00 bits per heavy atom. The van der Waals surface area contributed by atoms with Crippen molar-refractivity contribution in [3.05, 3.63) is 157 Å². The lowest BCUT2D eigenvalue weighted by Crippen LogP contribution is -2.34. The molecule has 0 spiro atoms. The van der Waals surface area contributed by atoms with Crippen LogP contribution < -0.4 is 9.80 Å². The highest BCUT2D eigenvalue weighted by molar-refractivity contribution is 6.07. The van der Waals surface area contributed by atoms with Crippen molar-refractivity contribution in [3.8, 4) is 22.3 Å². The lowest BCUT2D eigenvalue weighted by atomic mass is 9.72. The van der Waals surface area contributed by atoms with Crippen molar-refractivity contribution in [2.75, 3.05) is 9.80 Å². The van der Waals surface area contributed by atoms with E-state index in [0.717, 1.165) is 0 Å². The van der Waals surface area contributed by atoms with E-state index in [9.17, 15) is 0 Å². The van der Waals surface area contributed by atoms with Crippen LogP contribution in [-0.4, -0.2) is 0 Å². The third-order valence-electron chi connectivity index (χ3n) is 8.76. The minimum Gasteiger partial charge on any atom is -0.306 e. The van der Waals surface area contributed by atoms with Crippen molar-refractivity contribution in [1.82, 2.24) is 0 Å². The first-order chi connectivity index (χ1) is 20.1. The third kappa shape index (κ3) is 3.50. The molecule has 6 aromatic rings. The number of nitrogens with zero attached hydrogens (tertiary/aromatic N) is 2. The molecule has 0 fully saturated rings. The number of hydrogen-bond donors (Lipinski definition) is 0. The number of para-hydroxylation sites is 3. The van der Waals surface area contributed by atoms with Crippen LogP contribution in [0.4, 0.5) is 34.1 Å². The lowest BCUT2D eigenvalue weighted by Gasteiger charge is -2.48. The maximum absolute atomic E-state index is 2.51. The van der Waals surface area contributed by atoms with Gasteiger partial charge in [-0.25, -0.2) is 0 Å². The molecule has 2 nitrogen and oxygen atoms in total. The normalized spacial score (nSPS) is 14.2. The van der Waals surface area contributed by atoms with Crippen molar-refractivity contribution in [2.24, 2.45) is 0 Å².